The Kier molecular flexibility index (Phi) is 6.69. The van der Waals surface area contributed by atoms with Gasteiger partial charge in [-0.25, -0.2) is 5.43 Å². The number of aromatic nitrogens is 1. The Hall–Kier alpha value is -1.71. The zero-order chi connectivity index (χ0) is 13.2. The fourth-order valence-corrected chi connectivity index (χ4v) is 1.81. The molecule has 1 amide bonds. The van der Waals surface area contributed by atoms with Crippen LogP contribution in [0.5, 0.6) is 0 Å². The third kappa shape index (κ3) is 5.08. The lowest BCUT2D eigenvalue weighted by Crippen LogP contribution is -2.26. The van der Waals surface area contributed by atoms with Gasteiger partial charge in [0, 0.05) is 18.3 Å². The minimum absolute atomic E-state index is 0.0176. The van der Waals surface area contributed by atoms with E-state index in [0.717, 1.165) is 31.2 Å². The first kappa shape index (κ1) is 14.4. The molecule has 1 aromatic rings. The maximum Gasteiger partial charge on any atom is 0.243 e. The van der Waals surface area contributed by atoms with Gasteiger partial charge in [-0.2, -0.15) is 5.10 Å². The molecule has 4 heteroatoms. The number of carbonyl (C=O) groups excluding carboxylic acids is 1. The Bertz CT molecular complexity index is 370. The number of pyridine rings is 1. The van der Waals surface area contributed by atoms with Crippen molar-refractivity contribution in [3.05, 3.63) is 30.1 Å². The molecule has 0 spiro atoms. The predicted molar refractivity (Wildman–Crippen MR) is 73.3 cm³/mol. The molecule has 1 N–H and O–H groups in total. The first-order valence-electron chi connectivity index (χ1n) is 6.50. The number of amides is 1. The van der Waals surface area contributed by atoms with Gasteiger partial charge in [0.2, 0.25) is 5.91 Å². The van der Waals surface area contributed by atoms with Crippen molar-refractivity contribution >= 4 is 12.1 Å². The van der Waals surface area contributed by atoms with Crippen molar-refractivity contribution in [2.45, 2.75) is 39.5 Å². The zero-order valence-corrected chi connectivity index (χ0v) is 11.1. The van der Waals surface area contributed by atoms with Gasteiger partial charge in [-0.3, -0.25) is 9.78 Å². The molecule has 1 rings (SSSR count). The summed E-state index contributed by atoms with van der Waals surface area (Å²) >= 11 is 0. The quantitative estimate of drug-likeness (QED) is 0.595. The number of carbonyl (C=O) groups is 1. The van der Waals surface area contributed by atoms with E-state index in [2.05, 4.69) is 29.4 Å². The van der Waals surface area contributed by atoms with Gasteiger partial charge in [0.15, 0.2) is 0 Å². The van der Waals surface area contributed by atoms with Crippen LogP contribution in [0.1, 0.15) is 45.1 Å². The van der Waals surface area contributed by atoms with Crippen LogP contribution in [-0.2, 0) is 4.79 Å². The summed E-state index contributed by atoms with van der Waals surface area (Å²) in [6.45, 7) is 4.19. The first-order valence-corrected chi connectivity index (χ1v) is 6.50. The first-order chi connectivity index (χ1) is 8.77. The van der Waals surface area contributed by atoms with Crippen molar-refractivity contribution in [1.29, 1.82) is 0 Å². The molecule has 0 saturated heterocycles. The third-order valence-corrected chi connectivity index (χ3v) is 2.74. The molecule has 0 saturated carbocycles. The highest BCUT2D eigenvalue weighted by Crippen LogP contribution is 2.13. The molecule has 0 aliphatic heterocycles. The van der Waals surface area contributed by atoms with Crippen molar-refractivity contribution in [2.75, 3.05) is 0 Å². The van der Waals surface area contributed by atoms with E-state index in [4.69, 9.17) is 0 Å². The average molecular weight is 247 g/mol. The van der Waals surface area contributed by atoms with Gasteiger partial charge >= 0.3 is 0 Å². The van der Waals surface area contributed by atoms with E-state index in [-0.39, 0.29) is 11.8 Å². The molecular formula is C14H21N3O. The van der Waals surface area contributed by atoms with E-state index in [1.54, 1.807) is 18.6 Å². The molecular weight excluding hydrogens is 226 g/mol. The van der Waals surface area contributed by atoms with Gasteiger partial charge in [-0.05, 0) is 30.5 Å². The fraction of sp³-hybridized carbons (Fsp3) is 0.500. The van der Waals surface area contributed by atoms with E-state index in [1.807, 2.05) is 12.1 Å². The van der Waals surface area contributed by atoms with Crippen molar-refractivity contribution in [3.8, 4) is 0 Å². The summed E-state index contributed by atoms with van der Waals surface area (Å²) in [5.74, 6) is 0.0959. The number of nitrogens with zero attached hydrogens (tertiary/aromatic N) is 2. The topological polar surface area (TPSA) is 54.4 Å². The number of hydrogen-bond acceptors (Lipinski definition) is 3. The molecule has 98 valence electrons. The summed E-state index contributed by atoms with van der Waals surface area (Å²) in [5.41, 5.74) is 3.53. The average Bonchev–Trinajstić information content (AvgIpc) is 2.39. The molecule has 1 aromatic heterocycles. The van der Waals surface area contributed by atoms with E-state index in [0.29, 0.717) is 0 Å². The predicted octanol–water partition coefficient (Wildman–Crippen LogP) is 2.75. The Labute approximate surface area is 109 Å². The van der Waals surface area contributed by atoms with E-state index < -0.39 is 0 Å². The van der Waals surface area contributed by atoms with Crippen LogP contribution in [0, 0.1) is 5.92 Å². The molecule has 0 aromatic carbocycles. The van der Waals surface area contributed by atoms with E-state index >= 15 is 0 Å². The summed E-state index contributed by atoms with van der Waals surface area (Å²) in [6.07, 6.45) is 8.90. The van der Waals surface area contributed by atoms with E-state index in [9.17, 15) is 4.79 Å². The fourth-order valence-electron chi connectivity index (χ4n) is 1.81. The SMILES string of the molecule is CCCC(CCC)C(=O)N/N=C/c1ccncc1. The highest BCUT2D eigenvalue weighted by Gasteiger charge is 2.15. The Morgan fingerprint density at radius 3 is 2.50 bits per heavy atom. The van der Waals surface area contributed by atoms with Crippen LogP contribution in [0.4, 0.5) is 0 Å². The maximum absolute atomic E-state index is 11.9. The Morgan fingerprint density at radius 1 is 1.33 bits per heavy atom. The lowest BCUT2D eigenvalue weighted by atomic mass is 9.98. The summed E-state index contributed by atoms with van der Waals surface area (Å²) in [6, 6.07) is 3.68. The van der Waals surface area contributed by atoms with E-state index in [1.165, 1.54) is 0 Å². The van der Waals surface area contributed by atoms with Crippen LogP contribution in [0.3, 0.4) is 0 Å². The third-order valence-electron chi connectivity index (χ3n) is 2.74. The van der Waals surface area contributed by atoms with Crippen LogP contribution < -0.4 is 5.43 Å². The van der Waals surface area contributed by atoms with Crippen LogP contribution in [-0.4, -0.2) is 17.1 Å². The minimum atomic E-state index is 0.0176. The maximum atomic E-state index is 11.9. The molecule has 0 aliphatic rings. The lowest BCUT2D eigenvalue weighted by Gasteiger charge is -2.12. The molecule has 4 nitrogen and oxygen atoms in total. The standard InChI is InChI=1S/C14H21N3O/c1-3-5-13(6-4-2)14(18)17-16-11-12-7-9-15-10-8-12/h7-11,13H,3-6H2,1-2H3,(H,17,18)/b16-11+. The highest BCUT2D eigenvalue weighted by molar-refractivity contribution is 5.83. The molecule has 1 heterocycles. The molecule has 0 atom stereocenters. The molecule has 0 fully saturated rings. The molecule has 0 unspecified atom stereocenters. The number of hydrogen-bond donors (Lipinski definition) is 1. The summed E-state index contributed by atoms with van der Waals surface area (Å²) < 4.78 is 0. The van der Waals surface area contributed by atoms with Gasteiger partial charge in [0.05, 0.1) is 6.21 Å². The molecule has 0 radical (unpaired) electrons. The number of rotatable bonds is 7. The molecule has 18 heavy (non-hydrogen) atoms. The van der Waals surface area contributed by atoms with Crippen LogP contribution in [0.2, 0.25) is 0 Å². The largest absolute Gasteiger partial charge is 0.273 e. The van der Waals surface area contributed by atoms with Crippen LogP contribution in [0.25, 0.3) is 0 Å². The van der Waals surface area contributed by atoms with Gasteiger partial charge in [0.1, 0.15) is 0 Å². The van der Waals surface area contributed by atoms with Crippen molar-refractivity contribution in [3.63, 3.8) is 0 Å². The minimum Gasteiger partial charge on any atom is -0.273 e. The summed E-state index contributed by atoms with van der Waals surface area (Å²) in [7, 11) is 0. The van der Waals surface area contributed by atoms with Crippen molar-refractivity contribution in [2.24, 2.45) is 11.0 Å². The second-order valence-corrected chi connectivity index (χ2v) is 4.29. The lowest BCUT2D eigenvalue weighted by molar-refractivity contribution is -0.125. The van der Waals surface area contributed by atoms with Gasteiger partial charge in [0.25, 0.3) is 0 Å². The van der Waals surface area contributed by atoms with Gasteiger partial charge in [-0.1, -0.05) is 26.7 Å². The van der Waals surface area contributed by atoms with Gasteiger partial charge in [-0.15, -0.1) is 0 Å². The second-order valence-electron chi connectivity index (χ2n) is 4.29. The summed E-state index contributed by atoms with van der Waals surface area (Å²) in [5, 5.41) is 3.97. The van der Waals surface area contributed by atoms with Gasteiger partial charge < -0.3 is 0 Å². The zero-order valence-electron chi connectivity index (χ0n) is 11.1. The molecule has 0 bridgehead atoms. The van der Waals surface area contributed by atoms with Crippen LogP contribution in [0.15, 0.2) is 29.6 Å². The summed E-state index contributed by atoms with van der Waals surface area (Å²) in [4.78, 5) is 15.8. The normalized spacial score (nSPS) is 11.1. The highest BCUT2D eigenvalue weighted by atomic mass is 16.2. The number of hydrazone groups is 1. The van der Waals surface area contributed by atoms with Crippen LogP contribution >= 0.6 is 0 Å². The molecule has 0 aliphatic carbocycles. The Balaban J connectivity index is 2.46. The van der Waals surface area contributed by atoms with Crippen molar-refractivity contribution in [1.82, 2.24) is 10.4 Å². The van der Waals surface area contributed by atoms with Crippen molar-refractivity contribution < 1.29 is 4.79 Å². The second kappa shape index (κ2) is 8.39. The smallest absolute Gasteiger partial charge is 0.243 e. The number of nitrogens with one attached hydrogen (secondary N) is 1. The monoisotopic (exact) mass is 247 g/mol. The Morgan fingerprint density at radius 2 is 1.94 bits per heavy atom.